The fourth-order valence-electron chi connectivity index (χ4n) is 0.696. The minimum Gasteiger partial charge on any atom is -0.462 e. The van der Waals surface area contributed by atoms with E-state index in [1.54, 1.807) is 20.8 Å². The molecule has 4 nitrogen and oxygen atoms in total. The van der Waals surface area contributed by atoms with Crippen molar-refractivity contribution >= 4 is 12.0 Å². The number of nitrogens with zero attached hydrogens (tertiary/aromatic N) is 1. The summed E-state index contributed by atoms with van der Waals surface area (Å²) in [7, 11) is 0. The number of carbonyl (C=O) groups is 1. The van der Waals surface area contributed by atoms with Gasteiger partial charge in [0, 0.05) is 12.0 Å². The van der Waals surface area contributed by atoms with Crippen LogP contribution in [-0.2, 0) is 14.3 Å². The summed E-state index contributed by atoms with van der Waals surface area (Å²) in [6, 6.07) is 0. The number of ether oxygens (including phenoxy) is 1. The van der Waals surface area contributed by atoms with Gasteiger partial charge < -0.3 is 4.74 Å². The second-order valence-electron chi connectivity index (χ2n) is 3.68. The number of carbonyl (C=O) groups excluding carboxylic acids is 2. The van der Waals surface area contributed by atoms with Crippen LogP contribution in [0.5, 0.6) is 0 Å². The largest absolute Gasteiger partial charge is 0.462 e. The van der Waals surface area contributed by atoms with Gasteiger partial charge in [0.05, 0.1) is 12.1 Å². The normalized spacial score (nSPS) is 10.2. The van der Waals surface area contributed by atoms with E-state index >= 15 is 0 Å². The smallest absolute Gasteiger partial charge is 0.333 e. The molecule has 4 heteroatoms. The Morgan fingerprint density at radius 3 is 2.57 bits per heavy atom. The van der Waals surface area contributed by atoms with E-state index in [2.05, 4.69) is 11.6 Å². The molecule has 0 atom stereocenters. The van der Waals surface area contributed by atoms with Crippen LogP contribution in [0.1, 0.15) is 27.2 Å². The molecule has 0 radical (unpaired) electrons. The summed E-state index contributed by atoms with van der Waals surface area (Å²) < 4.78 is 4.86. The van der Waals surface area contributed by atoms with Crippen LogP contribution in [0.25, 0.3) is 0 Å². The first-order chi connectivity index (χ1) is 6.39. The van der Waals surface area contributed by atoms with Crippen molar-refractivity contribution in [3.63, 3.8) is 0 Å². The van der Waals surface area contributed by atoms with E-state index in [1.165, 1.54) is 6.08 Å². The molecule has 0 aromatic rings. The molecule has 0 aromatic heterocycles. The van der Waals surface area contributed by atoms with Gasteiger partial charge >= 0.3 is 5.97 Å². The summed E-state index contributed by atoms with van der Waals surface area (Å²) >= 11 is 0. The number of esters is 1. The highest BCUT2D eigenvalue weighted by atomic mass is 16.5. The van der Waals surface area contributed by atoms with Gasteiger partial charge in [0.2, 0.25) is 6.08 Å². The molecule has 0 rings (SSSR count). The Morgan fingerprint density at radius 1 is 1.57 bits per heavy atom. The van der Waals surface area contributed by atoms with Gasteiger partial charge in [-0.1, -0.05) is 6.58 Å². The predicted molar refractivity (Wildman–Crippen MR) is 52.6 cm³/mol. The standard InChI is InChI=1S/C10H15NO3/c1-8(2)9(13)14-6-5-10(3,4)11-7-12/h1,5-6H2,2-4H3. The predicted octanol–water partition coefficient (Wildman–Crippen LogP) is 1.61. The Bertz CT molecular complexity index is 275. The third kappa shape index (κ3) is 5.27. The average molecular weight is 197 g/mol. The van der Waals surface area contributed by atoms with Crippen LogP contribution in [0.3, 0.4) is 0 Å². The molecule has 0 fully saturated rings. The van der Waals surface area contributed by atoms with Crippen molar-refractivity contribution in [3.8, 4) is 0 Å². The van der Waals surface area contributed by atoms with Gasteiger partial charge in [-0.15, -0.1) is 0 Å². The van der Waals surface area contributed by atoms with Crippen molar-refractivity contribution in [2.75, 3.05) is 6.61 Å². The minimum atomic E-state index is -0.531. The zero-order valence-electron chi connectivity index (χ0n) is 8.79. The number of hydrogen-bond acceptors (Lipinski definition) is 4. The summed E-state index contributed by atoms with van der Waals surface area (Å²) in [5.41, 5.74) is -0.168. The first-order valence-electron chi connectivity index (χ1n) is 4.31. The van der Waals surface area contributed by atoms with Gasteiger partial charge in [0.15, 0.2) is 0 Å². The lowest BCUT2D eigenvalue weighted by Crippen LogP contribution is -2.20. The lowest BCUT2D eigenvalue weighted by Gasteiger charge is -2.16. The van der Waals surface area contributed by atoms with Crippen LogP contribution >= 0.6 is 0 Å². The second kappa shape index (κ2) is 5.35. The maximum Gasteiger partial charge on any atom is 0.333 e. The van der Waals surface area contributed by atoms with E-state index in [0.29, 0.717) is 12.0 Å². The van der Waals surface area contributed by atoms with E-state index < -0.39 is 11.5 Å². The lowest BCUT2D eigenvalue weighted by atomic mass is 10.0. The molecule has 0 amide bonds. The molecule has 0 bridgehead atoms. The summed E-state index contributed by atoms with van der Waals surface area (Å²) in [6.45, 7) is 8.79. The molecule has 0 saturated carbocycles. The Morgan fingerprint density at radius 2 is 2.14 bits per heavy atom. The van der Waals surface area contributed by atoms with Gasteiger partial charge in [0.25, 0.3) is 0 Å². The zero-order chi connectivity index (χ0) is 11.2. The highest BCUT2D eigenvalue weighted by Crippen LogP contribution is 2.13. The van der Waals surface area contributed by atoms with Crippen LogP contribution in [0.2, 0.25) is 0 Å². The van der Waals surface area contributed by atoms with E-state index in [0.717, 1.165) is 0 Å². The lowest BCUT2D eigenvalue weighted by molar-refractivity contribution is -0.139. The number of rotatable bonds is 5. The van der Waals surface area contributed by atoms with E-state index in [1.807, 2.05) is 0 Å². The van der Waals surface area contributed by atoms with Crippen LogP contribution in [0.4, 0.5) is 0 Å². The van der Waals surface area contributed by atoms with Gasteiger partial charge in [-0.05, 0) is 20.8 Å². The fourth-order valence-corrected chi connectivity index (χ4v) is 0.696. The highest BCUT2D eigenvalue weighted by Gasteiger charge is 2.16. The first-order valence-corrected chi connectivity index (χ1v) is 4.31. The summed E-state index contributed by atoms with van der Waals surface area (Å²) in [5, 5.41) is 0. The van der Waals surface area contributed by atoms with E-state index in [9.17, 15) is 9.59 Å². The van der Waals surface area contributed by atoms with Crippen molar-refractivity contribution < 1.29 is 14.3 Å². The summed E-state index contributed by atoms with van der Waals surface area (Å²) in [5.74, 6) is -0.420. The van der Waals surface area contributed by atoms with Crippen molar-refractivity contribution in [3.05, 3.63) is 12.2 Å². The summed E-state index contributed by atoms with van der Waals surface area (Å²) in [6.07, 6.45) is 1.97. The Balaban J connectivity index is 3.90. The maximum atomic E-state index is 11.0. The second-order valence-corrected chi connectivity index (χ2v) is 3.68. The Kier molecular flexibility index (Phi) is 4.81. The van der Waals surface area contributed by atoms with Crippen molar-refractivity contribution in [1.82, 2.24) is 0 Å². The molecule has 0 aromatic carbocycles. The molecule has 0 spiro atoms. The van der Waals surface area contributed by atoms with E-state index in [4.69, 9.17) is 4.74 Å². The van der Waals surface area contributed by atoms with E-state index in [-0.39, 0.29) is 6.61 Å². The molecule has 0 saturated heterocycles. The molecular formula is C10H15NO3. The van der Waals surface area contributed by atoms with Crippen molar-refractivity contribution in [2.45, 2.75) is 32.7 Å². The maximum absolute atomic E-state index is 11.0. The number of hydrogen-bond donors (Lipinski definition) is 0. The first kappa shape index (κ1) is 12.6. The fraction of sp³-hybridized carbons (Fsp3) is 0.600. The molecule has 0 aliphatic heterocycles. The van der Waals surface area contributed by atoms with Crippen molar-refractivity contribution in [2.24, 2.45) is 4.99 Å². The monoisotopic (exact) mass is 197 g/mol. The van der Waals surface area contributed by atoms with Gasteiger partial charge in [0.1, 0.15) is 0 Å². The molecular weight excluding hydrogens is 182 g/mol. The topological polar surface area (TPSA) is 55.7 Å². The molecule has 0 aliphatic rings. The SMILES string of the molecule is C=C(C)C(=O)OCCC(C)(C)N=C=O. The van der Waals surface area contributed by atoms with Gasteiger partial charge in [-0.25, -0.2) is 9.59 Å². The molecule has 0 unspecified atom stereocenters. The molecule has 0 N–H and O–H groups in total. The highest BCUT2D eigenvalue weighted by molar-refractivity contribution is 5.86. The van der Waals surface area contributed by atoms with Crippen LogP contribution in [-0.4, -0.2) is 24.2 Å². The zero-order valence-corrected chi connectivity index (χ0v) is 8.79. The minimum absolute atomic E-state index is 0.226. The average Bonchev–Trinajstić information content (AvgIpc) is 2.03. The van der Waals surface area contributed by atoms with Crippen LogP contribution in [0, 0.1) is 0 Å². The van der Waals surface area contributed by atoms with Crippen molar-refractivity contribution in [1.29, 1.82) is 0 Å². The molecule has 0 heterocycles. The Hall–Kier alpha value is -1.41. The third-order valence-electron chi connectivity index (χ3n) is 1.64. The molecule has 14 heavy (non-hydrogen) atoms. The van der Waals surface area contributed by atoms with Crippen LogP contribution in [0.15, 0.2) is 17.1 Å². The molecule has 78 valence electrons. The quantitative estimate of drug-likeness (QED) is 0.291. The van der Waals surface area contributed by atoms with Gasteiger partial charge in [-0.3, -0.25) is 0 Å². The third-order valence-corrected chi connectivity index (χ3v) is 1.64. The number of isocyanates is 1. The summed E-state index contributed by atoms with van der Waals surface area (Å²) in [4.78, 5) is 24.5. The van der Waals surface area contributed by atoms with Crippen LogP contribution < -0.4 is 0 Å². The van der Waals surface area contributed by atoms with Gasteiger partial charge in [-0.2, -0.15) is 4.99 Å². The molecule has 0 aliphatic carbocycles. The Labute approximate surface area is 83.7 Å². The number of aliphatic imine (C=N–C) groups is 1.